The second-order valence-electron chi connectivity index (χ2n) is 0.976. The van der Waals surface area contributed by atoms with Crippen molar-refractivity contribution in [1.82, 2.24) is 0 Å². The van der Waals surface area contributed by atoms with Crippen LogP contribution in [-0.2, 0) is 25.7 Å². The van der Waals surface area contributed by atoms with Crippen LogP contribution >= 0.6 is 14.6 Å². The minimum Gasteiger partial charge on any atom is -0.797 e. The van der Waals surface area contributed by atoms with Gasteiger partial charge in [0.05, 0.1) is 7.82 Å². The van der Waals surface area contributed by atoms with Crippen LogP contribution in [0.3, 0.4) is 0 Å². The Bertz CT molecular complexity index is 159. The van der Waals surface area contributed by atoms with Crippen molar-refractivity contribution in [2.24, 2.45) is 0 Å². The number of rotatable bonds is 2. The number of phosphoric acid groups is 1. The van der Waals surface area contributed by atoms with Crippen LogP contribution in [0.4, 0.5) is 0 Å². The summed E-state index contributed by atoms with van der Waals surface area (Å²) in [6.07, 6.45) is 0. The van der Waals surface area contributed by atoms with Crippen molar-refractivity contribution in [3.63, 3.8) is 0 Å². The van der Waals surface area contributed by atoms with Gasteiger partial charge >= 0.3 is 97.8 Å². The van der Waals surface area contributed by atoms with Gasteiger partial charge in [-0.2, -0.15) is 0 Å². The maximum absolute atomic E-state index is 9.70. The van der Waals surface area contributed by atoms with Gasteiger partial charge < -0.3 is 40.4 Å². The molecule has 11 heteroatoms. The van der Waals surface area contributed by atoms with E-state index in [1.54, 1.807) is 0 Å². The van der Waals surface area contributed by atoms with Gasteiger partial charge in [-0.15, -0.1) is 0 Å². The van der Waals surface area contributed by atoms with Crippen LogP contribution in [-0.4, -0.2) is 97.8 Å². The maximum atomic E-state index is 9.70. The van der Waals surface area contributed by atoms with Gasteiger partial charge in [0.15, 0.2) is 0 Å². The van der Waals surface area contributed by atoms with Gasteiger partial charge in [0.2, 0.25) is 0 Å². The smallest absolute Gasteiger partial charge is 0.797 e. The minimum absolute atomic E-state index is 0. The molecule has 1 unspecified atom stereocenters. The molecule has 0 aromatic carbocycles. The summed E-state index contributed by atoms with van der Waals surface area (Å²) < 4.78 is 22.0. The first kappa shape index (κ1) is 20.2. The zero-order valence-corrected chi connectivity index (χ0v) is 16.7. The molecule has 0 rings (SSSR count). The first-order valence-corrected chi connectivity index (χ1v) is 5.48. The Morgan fingerprint density at radius 2 is 1.36 bits per heavy atom. The van der Waals surface area contributed by atoms with E-state index in [-0.39, 0.29) is 97.8 Å². The van der Waals surface area contributed by atoms with Gasteiger partial charge in [-0.25, -0.2) is 0 Å². The quantitative estimate of drug-likeness (QED) is 0.245. The van der Waals surface area contributed by atoms with E-state index in [1.807, 2.05) is 0 Å². The van der Waals surface area contributed by atoms with E-state index < -0.39 is 14.6 Å². The SMILES string of the molecule is O=P([O-])([O-])OP(=O)([O-])[S-].[Ba+2].[Ba+2]. The molecule has 0 aliphatic heterocycles. The van der Waals surface area contributed by atoms with E-state index >= 15 is 0 Å². The minimum atomic E-state index is -5.47. The van der Waals surface area contributed by atoms with Crippen molar-refractivity contribution in [2.45, 2.75) is 0 Å². The number of hydrogen-bond donors (Lipinski definition) is 0. The Morgan fingerprint density at radius 1 is 1.09 bits per heavy atom. The predicted molar refractivity (Wildman–Crippen MR) is 35.2 cm³/mol. The van der Waals surface area contributed by atoms with Crippen molar-refractivity contribution in [3.05, 3.63) is 0 Å². The van der Waals surface area contributed by atoms with Crippen molar-refractivity contribution in [1.29, 1.82) is 0 Å². The second kappa shape index (κ2) is 8.00. The van der Waals surface area contributed by atoms with Crippen molar-refractivity contribution in [2.75, 3.05) is 0 Å². The van der Waals surface area contributed by atoms with Gasteiger partial charge in [0.1, 0.15) is 0 Å². The zero-order chi connectivity index (χ0) is 7.71. The normalized spacial score (nSPS) is 15.6. The molecule has 0 saturated carbocycles. The molecule has 0 aliphatic rings. The first-order valence-electron chi connectivity index (χ1n) is 1.46. The summed E-state index contributed by atoms with van der Waals surface area (Å²) in [5, 5.41) is 0. The van der Waals surface area contributed by atoms with E-state index in [0.717, 1.165) is 0 Å². The molecule has 0 fully saturated rings. The Balaban J connectivity index is -0.000000320. The summed E-state index contributed by atoms with van der Waals surface area (Å²) in [6.45, 7) is -4.84. The molecular weight excluding hydrogens is 465 g/mol. The van der Waals surface area contributed by atoms with Crippen molar-refractivity contribution >= 4 is 125 Å². The van der Waals surface area contributed by atoms with Crippen LogP contribution in [0, 0.1) is 0 Å². The van der Waals surface area contributed by atoms with Gasteiger partial charge in [0.25, 0.3) is 0 Å². The summed E-state index contributed by atoms with van der Waals surface area (Å²) in [5.74, 6) is 0. The van der Waals surface area contributed by atoms with Crippen LogP contribution in [0.25, 0.3) is 0 Å². The number of hydrogen-bond acceptors (Lipinski definition) is 7. The summed E-state index contributed by atoms with van der Waals surface area (Å²) in [7, 11) is -5.47. The molecule has 56 valence electrons. The standard InChI is InChI=1S/2Ba.H4O6P2S/c;;1-7(2,3)6-8(4,5)9/h;;(H2,1,2,3)(H2,4,5,9)/q2*+2;/p-4. The third-order valence-electron chi connectivity index (χ3n) is 0.200. The predicted octanol–water partition coefficient (Wildman–Crippen LogP) is -2.91. The third-order valence-corrected chi connectivity index (χ3v) is 2.40. The van der Waals surface area contributed by atoms with Crippen LogP contribution < -0.4 is 14.7 Å². The molecule has 0 spiro atoms. The second-order valence-corrected chi connectivity index (χ2v) is 4.76. The topological polar surface area (TPSA) is 113 Å². The summed E-state index contributed by atoms with van der Waals surface area (Å²) in [6, 6.07) is 0. The average molecular weight is 465 g/mol. The Labute approximate surface area is 149 Å². The van der Waals surface area contributed by atoms with Gasteiger partial charge in [-0.1, -0.05) is 0 Å². The Morgan fingerprint density at radius 3 is 1.36 bits per heavy atom. The fraction of sp³-hybridized carbons (Fsp3) is 0. The molecule has 1 atom stereocenters. The van der Waals surface area contributed by atoms with E-state index in [0.29, 0.717) is 0 Å². The Hall–Kier alpha value is 3.79. The molecule has 0 heterocycles. The molecule has 0 aromatic heterocycles. The molecule has 0 amide bonds. The van der Waals surface area contributed by atoms with Crippen LogP contribution in [0.5, 0.6) is 0 Å². The zero-order valence-electron chi connectivity index (χ0n) is 5.17. The molecule has 0 aromatic rings. The fourth-order valence-electron chi connectivity index (χ4n) is 0.122. The van der Waals surface area contributed by atoms with E-state index in [2.05, 4.69) is 16.6 Å². The molecule has 0 N–H and O–H groups in total. The fourth-order valence-corrected chi connectivity index (χ4v) is 1.84. The maximum Gasteiger partial charge on any atom is 2.00 e. The molecule has 6 nitrogen and oxygen atoms in total. The molecule has 0 bridgehead atoms. The van der Waals surface area contributed by atoms with Crippen LogP contribution in [0.1, 0.15) is 0 Å². The van der Waals surface area contributed by atoms with E-state index in [9.17, 15) is 23.8 Å². The van der Waals surface area contributed by atoms with Gasteiger partial charge in [-0.3, -0.25) is 0 Å². The molecule has 0 radical (unpaired) electrons. The molecule has 0 saturated heterocycles. The summed E-state index contributed by atoms with van der Waals surface area (Å²) in [5.41, 5.74) is 0. The first-order chi connectivity index (χ1) is 3.71. The van der Waals surface area contributed by atoms with Crippen molar-refractivity contribution < 1.29 is 28.1 Å². The largest absolute Gasteiger partial charge is 2.00 e. The monoisotopic (exact) mass is 466 g/mol. The van der Waals surface area contributed by atoms with Crippen molar-refractivity contribution in [3.8, 4) is 0 Å². The van der Waals surface area contributed by atoms with Gasteiger partial charge in [0, 0.05) is 6.80 Å². The van der Waals surface area contributed by atoms with Crippen LogP contribution in [0.2, 0.25) is 0 Å². The average Bonchev–Trinajstić information content (AvgIpc) is 1.14. The third kappa shape index (κ3) is 20.0. The van der Waals surface area contributed by atoms with Gasteiger partial charge in [-0.05, 0) is 0 Å². The molecule has 0 aliphatic carbocycles. The summed E-state index contributed by atoms with van der Waals surface area (Å²) in [4.78, 5) is 28.6. The Kier molecular flexibility index (Phi) is 14.7. The summed E-state index contributed by atoms with van der Waals surface area (Å²) >= 11 is 3.44. The van der Waals surface area contributed by atoms with Crippen LogP contribution in [0.15, 0.2) is 0 Å². The van der Waals surface area contributed by atoms with E-state index in [1.165, 1.54) is 0 Å². The molecular formula is Ba2O6P2S. The molecule has 11 heavy (non-hydrogen) atoms. The van der Waals surface area contributed by atoms with E-state index in [4.69, 9.17) is 0 Å².